The Hall–Kier alpha value is -4.39. The molecule has 0 atom stereocenters. The summed E-state index contributed by atoms with van der Waals surface area (Å²) in [5.41, 5.74) is 2.94. The number of hydrogen-bond donors (Lipinski definition) is 2. The molecule has 0 fully saturated rings. The molecule has 5 aromatic rings. The zero-order chi connectivity index (χ0) is 21.5. The molecule has 7 nitrogen and oxygen atoms in total. The maximum atomic E-state index is 13.5. The van der Waals surface area contributed by atoms with Crippen LogP contribution in [0.3, 0.4) is 0 Å². The molecule has 3 aromatic carbocycles. The second-order valence-electron chi connectivity index (χ2n) is 7.06. The van der Waals surface area contributed by atoms with Crippen LogP contribution in [0, 0.1) is 0 Å². The highest BCUT2D eigenvalue weighted by atomic mass is 16.5. The zero-order valence-electron chi connectivity index (χ0n) is 16.5. The summed E-state index contributed by atoms with van der Waals surface area (Å²) in [7, 11) is 1.59. The lowest BCUT2D eigenvalue weighted by Crippen LogP contribution is -2.15. The third-order valence-electron chi connectivity index (χ3n) is 5.25. The number of carbonyl (C=O) groups is 1. The molecule has 0 aliphatic carbocycles. The summed E-state index contributed by atoms with van der Waals surface area (Å²) in [5, 5.41) is 13.7. The molecule has 0 aliphatic heterocycles. The van der Waals surface area contributed by atoms with Crippen LogP contribution in [0.4, 0.5) is 0 Å². The monoisotopic (exact) mass is 411 g/mol. The Kier molecular flexibility index (Phi) is 4.29. The highest BCUT2D eigenvalue weighted by molar-refractivity contribution is 6.08. The molecule has 2 aromatic heterocycles. The van der Waals surface area contributed by atoms with Gasteiger partial charge in [0.25, 0.3) is 5.56 Å². The average molecular weight is 411 g/mol. The molecule has 0 spiro atoms. The molecule has 0 amide bonds. The standard InChI is InChI=1S/C24H17N3O4/c1-31-17-11-9-14(10-12-17)21-20-22(18-7-2-3-8-19(18)25-21)26-27(23(20)28)16-6-4-5-15(13-16)24(29)30/h2-13,26H,1H3,(H,29,30). The number of methoxy groups -OCH3 is 1. The number of fused-ring (bicyclic) bond motifs is 3. The predicted octanol–water partition coefficient (Wildman–Crippen LogP) is 4.24. The number of pyridine rings is 1. The maximum Gasteiger partial charge on any atom is 0.335 e. The van der Waals surface area contributed by atoms with Crippen LogP contribution in [-0.4, -0.2) is 33.0 Å². The molecular weight excluding hydrogens is 394 g/mol. The smallest absolute Gasteiger partial charge is 0.335 e. The minimum atomic E-state index is -1.06. The van der Waals surface area contributed by atoms with E-state index in [1.807, 2.05) is 48.5 Å². The van der Waals surface area contributed by atoms with E-state index >= 15 is 0 Å². The summed E-state index contributed by atoms with van der Waals surface area (Å²) in [4.78, 5) is 29.7. The van der Waals surface area contributed by atoms with Crippen molar-refractivity contribution in [3.05, 3.63) is 88.7 Å². The first-order valence-corrected chi connectivity index (χ1v) is 9.58. The number of aromatic carboxylic acids is 1. The Bertz CT molecular complexity index is 1510. The van der Waals surface area contributed by atoms with Gasteiger partial charge in [-0.2, -0.15) is 0 Å². The molecular formula is C24H17N3O4. The van der Waals surface area contributed by atoms with E-state index in [0.29, 0.717) is 28.0 Å². The van der Waals surface area contributed by atoms with E-state index in [9.17, 15) is 14.7 Å². The first kappa shape index (κ1) is 18.6. The van der Waals surface area contributed by atoms with E-state index in [1.165, 1.54) is 16.8 Å². The largest absolute Gasteiger partial charge is 0.497 e. The van der Waals surface area contributed by atoms with Crippen LogP contribution in [0.25, 0.3) is 38.8 Å². The van der Waals surface area contributed by atoms with E-state index < -0.39 is 5.97 Å². The van der Waals surface area contributed by atoms with E-state index in [2.05, 4.69) is 5.10 Å². The maximum absolute atomic E-state index is 13.5. The van der Waals surface area contributed by atoms with Crippen molar-refractivity contribution in [3.63, 3.8) is 0 Å². The highest BCUT2D eigenvalue weighted by Gasteiger charge is 2.19. The van der Waals surface area contributed by atoms with Gasteiger partial charge in [-0.25, -0.2) is 14.5 Å². The number of nitrogens with one attached hydrogen (secondary N) is 1. The number of carboxylic acids is 1. The summed E-state index contributed by atoms with van der Waals surface area (Å²) in [6, 6.07) is 21.2. The van der Waals surface area contributed by atoms with Crippen LogP contribution in [0.2, 0.25) is 0 Å². The quantitative estimate of drug-likeness (QED) is 0.461. The van der Waals surface area contributed by atoms with Crippen LogP contribution in [0.1, 0.15) is 10.4 Å². The van der Waals surface area contributed by atoms with Crippen LogP contribution < -0.4 is 10.3 Å². The summed E-state index contributed by atoms with van der Waals surface area (Å²) in [5.74, 6) is -0.352. The third kappa shape index (κ3) is 3.03. The lowest BCUT2D eigenvalue weighted by molar-refractivity contribution is 0.0697. The molecule has 5 rings (SSSR count). The number of ether oxygens (including phenoxy) is 1. The summed E-state index contributed by atoms with van der Waals surface area (Å²) < 4.78 is 6.60. The van der Waals surface area contributed by atoms with Gasteiger partial charge in [0.05, 0.1) is 40.5 Å². The summed E-state index contributed by atoms with van der Waals surface area (Å²) in [6.07, 6.45) is 0. The molecule has 0 bridgehead atoms. The molecule has 0 saturated carbocycles. The van der Waals surface area contributed by atoms with Gasteiger partial charge in [0.15, 0.2) is 0 Å². The Morgan fingerprint density at radius 2 is 1.81 bits per heavy atom. The first-order chi connectivity index (χ1) is 15.1. The topological polar surface area (TPSA) is 97.2 Å². The molecule has 0 unspecified atom stereocenters. The molecule has 7 heteroatoms. The number of hydrogen-bond acceptors (Lipinski definition) is 4. The Labute approximate surface area is 176 Å². The fraction of sp³-hybridized carbons (Fsp3) is 0.0417. The van der Waals surface area contributed by atoms with Crippen molar-refractivity contribution in [2.45, 2.75) is 0 Å². The van der Waals surface area contributed by atoms with Gasteiger partial charge < -0.3 is 9.84 Å². The van der Waals surface area contributed by atoms with Gasteiger partial charge in [-0.05, 0) is 48.5 Å². The van der Waals surface area contributed by atoms with Crippen LogP contribution in [0.15, 0.2) is 77.6 Å². The second-order valence-corrected chi connectivity index (χ2v) is 7.06. The van der Waals surface area contributed by atoms with E-state index in [-0.39, 0.29) is 11.1 Å². The molecule has 152 valence electrons. The van der Waals surface area contributed by atoms with Gasteiger partial charge in [-0.1, -0.05) is 24.3 Å². The van der Waals surface area contributed by atoms with Crippen molar-refractivity contribution in [3.8, 4) is 22.7 Å². The van der Waals surface area contributed by atoms with Crippen molar-refractivity contribution in [2.75, 3.05) is 7.11 Å². The van der Waals surface area contributed by atoms with Crippen LogP contribution >= 0.6 is 0 Å². The number of nitrogens with zero attached hydrogens (tertiary/aromatic N) is 2. The van der Waals surface area contributed by atoms with Gasteiger partial charge in [0.1, 0.15) is 5.75 Å². The van der Waals surface area contributed by atoms with Gasteiger partial charge in [0, 0.05) is 10.9 Å². The number of aromatic amines is 1. The van der Waals surface area contributed by atoms with Crippen molar-refractivity contribution < 1.29 is 14.6 Å². The summed E-state index contributed by atoms with van der Waals surface area (Å²) in [6.45, 7) is 0. The fourth-order valence-corrected chi connectivity index (χ4v) is 3.73. The summed E-state index contributed by atoms with van der Waals surface area (Å²) >= 11 is 0. The zero-order valence-corrected chi connectivity index (χ0v) is 16.5. The molecule has 0 radical (unpaired) electrons. The van der Waals surface area contributed by atoms with Crippen molar-refractivity contribution in [1.29, 1.82) is 0 Å². The number of benzene rings is 3. The van der Waals surface area contributed by atoms with Gasteiger partial charge in [-0.3, -0.25) is 9.89 Å². The van der Waals surface area contributed by atoms with Crippen molar-refractivity contribution >= 4 is 27.8 Å². The van der Waals surface area contributed by atoms with Crippen LogP contribution in [-0.2, 0) is 0 Å². The van der Waals surface area contributed by atoms with Crippen molar-refractivity contribution in [2.24, 2.45) is 0 Å². The minimum absolute atomic E-state index is 0.0985. The van der Waals surface area contributed by atoms with E-state index in [0.717, 1.165) is 16.5 Å². The lowest BCUT2D eigenvalue weighted by Gasteiger charge is -2.06. The highest BCUT2D eigenvalue weighted by Crippen LogP contribution is 2.31. The number of H-pyrrole nitrogens is 1. The SMILES string of the molecule is COc1ccc(-c2nc3ccccc3c3[nH]n(-c4cccc(C(=O)O)c4)c(=O)c23)cc1. The number of rotatable bonds is 4. The average Bonchev–Trinajstić information content (AvgIpc) is 3.16. The number of aromatic nitrogens is 3. The molecule has 31 heavy (non-hydrogen) atoms. The Morgan fingerprint density at radius 1 is 1.03 bits per heavy atom. The number of carboxylic acid groups (broad SMARTS) is 1. The normalized spacial score (nSPS) is 11.1. The van der Waals surface area contributed by atoms with Gasteiger partial charge in [-0.15, -0.1) is 0 Å². The molecule has 2 heterocycles. The fourth-order valence-electron chi connectivity index (χ4n) is 3.73. The van der Waals surface area contributed by atoms with Crippen molar-refractivity contribution in [1.82, 2.24) is 14.8 Å². The van der Waals surface area contributed by atoms with Crippen LogP contribution in [0.5, 0.6) is 5.75 Å². The number of para-hydroxylation sites is 1. The van der Waals surface area contributed by atoms with Gasteiger partial charge in [0.2, 0.25) is 0 Å². The minimum Gasteiger partial charge on any atom is -0.497 e. The molecule has 0 saturated heterocycles. The predicted molar refractivity (Wildman–Crippen MR) is 118 cm³/mol. The third-order valence-corrected chi connectivity index (χ3v) is 5.25. The second kappa shape index (κ2) is 7.14. The van der Waals surface area contributed by atoms with E-state index in [4.69, 9.17) is 9.72 Å². The van der Waals surface area contributed by atoms with Gasteiger partial charge >= 0.3 is 5.97 Å². The molecule has 0 aliphatic rings. The Balaban J connectivity index is 1.84. The Morgan fingerprint density at radius 3 is 2.55 bits per heavy atom. The van der Waals surface area contributed by atoms with E-state index in [1.54, 1.807) is 19.2 Å². The lowest BCUT2D eigenvalue weighted by atomic mass is 10.0. The molecule has 2 N–H and O–H groups in total. The first-order valence-electron chi connectivity index (χ1n) is 9.58.